The number of rotatable bonds is 7. The van der Waals surface area contributed by atoms with E-state index in [1.165, 1.54) is 32.1 Å². The fourth-order valence-corrected chi connectivity index (χ4v) is 2.50. The van der Waals surface area contributed by atoms with Gasteiger partial charge in [-0.15, -0.1) is 0 Å². The molecule has 18 heavy (non-hydrogen) atoms. The van der Waals surface area contributed by atoms with Crippen LogP contribution in [0.5, 0.6) is 0 Å². The van der Waals surface area contributed by atoms with Crippen LogP contribution in [0.2, 0.25) is 0 Å². The summed E-state index contributed by atoms with van der Waals surface area (Å²) in [6, 6.07) is 0. The summed E-state index contributed by atoms with van der Waals surface area (Å²) in [4.78, 5) is 22.5. The SMILES string of the molecule is CCOC(=O)CNC(=O)CCCC1CCCCC1. The Morgan fingerprint density at radius 2 is 1.94 bits per heavy atom. The molecule has 0 aliphatic heterocycles. The second-order valence-electron chi connectivity index (χ2n) is 4.98. The van der Waals surface area contributed by atoms with Crippen LogP contribution in [0.15, 0.2) is 0 Å². The summed E-state index contributed by atoms with van der Waals surface area (Å²) in [7, 11) is 0. The second kappa shape index (κ2) is 8.95. The highest BCUT2D eigenvalue weighted by atomic mass is 16.5. The molecule has 1 aliphatic carbocycles. The molecule has 1 fully saturated rings. The molecule has 0 saturated heterocycles. The molecular formula is C14H25NO3. The van der Waals surface area contributed by atoms with Gasteiger partial charge in [-0.1, -0.05) is 32.1 Å². The van der Waals surface area contributed by atoms with Crippen molar-refractivity contribution < 1.29 is 14.3 Å². The van der Waals surface area contributed by atoms with Gasteiger partial charge in [0.2, 0.25) is 5.91 Å². The van der Waals surface area contributed by atoms with Gasteiger partial charge in [-0.2, -0.15) is 0 Å². The predicted octanol–water partition coefficient (Wildman–Crippen LogP) is 2.42. The molecule has 1 saturated carbocycles. The first kappa shape index (κ1) is 15.0. The predicted molar refractivity (Wildman–Crippen MR) is 70.1 cm³/mol. The first-order chi connectivity index (χ1) is 8.72. The molecule has 0 spiro atoms. The molecule has 0 aromatic heterocycles. The van der Waals surface area contributed by atoms with Crippen molar-refractivity contribution in [3.8, 4) is 0 Å². The molecule has 104 valence electrons. The first-order valence-corrected chi connectivity index (χ1v) is 7.14. The van der Waals surface area contributed by atoms with Gasteiger partial charge >= 0.3 is 5.97 Å². The van der Waals surface area contributed by atoms with Crippen LogP contribution in [0, 0.1) is 5.92 Å². The molecule has 0 radical (unpaired) electrons. The van der Waals surface area contributed by atoms with E-state index in [9.17, 15) is 9.59 Å². The largest absolute Gasteiger partial charge is 0.465 e. The van der Waals surface area contributed by atoms with Crippen LogP contribution in [0.1, 0.15) is 58.3 Å². The van der Waals surface area contributed by atoms with Crippen molar-refractivity contribution in [2.24, 2.45) is 5.92 Å². The third kappa shape index (κ3) is 6.62. The molecular weight excluding hydrogens is 230 g/mol. The van der Waals surface area contributed by atoms with Crippen LogP contribution in [0.3, 0.4) is 0 Å². The summed E-state index contributed by atoms with van der Waals surface area (Å²) >= 11 is 0. The number of esters is 1. The van der Waals surface area contributed by atoms with E-state index in [0.29, 0.717) is 13.0 Å². The minimum atomic E-state index is -0.363. The topological polar surface area (TPSA) is 55.4 Å². The number of hydrogen-bond acceptors (Lipinski definition) is 3. The minimum Gasteiger partial charge on any atom is -0.465 e. The molecule has 0 unspecified atom stereocenters. The summed E-state index contributed by atoms with van der Waals surface area (Å²) in [5.41, 5.74) is 0. The molecule has 0 heterocycles. The van der Waals surface area contributed by atoms with Crippen LogP contribution < -0.4 is 5.32 Å². The molecule has 1 rings (SSSR count). The van der Waals surface area contributed by atoms with Crippen LogP contribution in [-0.4, -0.2) is 25.0 Å². The van der Waals surface area contributed by atoms with E-state index in [2.05, 4.69) is 5.32 Å². The fraction of sp³-hybridized carbons (Fsp3) is 0.857. The number of nitrogens with one attached hydrogen (secondary N) is 1. The van der Waals surface area contributed by atoms with E-state index in [-0.39, 0.29) is 18.4 Å². The van der Waals surface area contributed by atoms with Crippen molar-refractivity contribution >= 4 is 11.9 Å². The summed E-state index contributed by atoms with van der Waals surface area (Å²) in [5, 5.41) is 2.59. The maximum absolute atomic E-state index is 11.5. The molecule has 1 aliphatic rings. The third-order valence-electron chi connectivity index (χ3n) is 3.48. The zero-order chi connectivity index (χ0) is 13.2. The summed E-state index contributed by atoms with van der Waals surface area (Å²) < 4.78 is 4.74. The highest BCUT2D eigenvalue weighted by Crippen LogP contribution is 2.27. The molecule has 0 bridgehead atoms. The third-order valence-corrected chi connectivity index (χ3v) is 3.48. The molecule has 0 aromatic carbocycles. The highest BCUT2D eigenvalue weighted by molar-refractivity contribution is 5.81. The molecule has 1 N–H and O–H groups in total. The van der Waals surface area contributed by atoms with Gasteiger partial charge in [-0.25, -0.2) is 0 Å². The van der Waals surface area contributed by atoms with Crippen molar-refractivity contribution in [1.82, 2.24) is 5.32 Å². The average Bonchev–Trinajstić information content (AvgIpc) is 2.38. The van der Waals surface area contributed by atoms with E-state index >= 15 is 0 Å². The lowest BCUT2D eigenvalue weighted by molar-refractivity contribution is -0.143. The number of amides is 1. The minimum absolute atomic E-state index is 0.00387. The van der Waals surface area contributed by atoms with Crippen molar-refractivity contribution in [3.05, 3.63) is 0 Å². The smallest absolute Gasteiger partial charge is 0.325 e. The lowest BCUT2D eigenvalue weighted by Crippen LogP contribution is -2.30. The molecule has 0 atom stereocenters. The van der Waals surface area contributed by atoms with Gasteiger partial charge in [0, 0.05) is 6.42 Å². The van der Waals surface area contributed by atoms with Crippen LogP contribution in [0.25, 0.3) is 0 Å². The maximum atomic E-state index is 11.5. The lowest BCUT2D eigenvalue weighted by atomic mass is 9.86. The average molecular weight is 255 g/mol. The van der Waals surface area contributed by atoms with Crippen molar-refractivity contribution in [2.45, 2.75) is 58.3 Å². The van der Waals surface area contributed by atoms with E-state index in [1.807, 2.05) is 0 Å². The Morgan fingerprint density at radius 1 is 1.22 bits per heavy atom. The zero-order valence-corrected chi connectivity index (χ0v) is 11.4. The monoisotopic (exact) mass is 255 g/mol. The van der Waals surface area contributed by atoms with Gasteiger partial charge in [0.15, 0.2) is 0 Å². The Hall–Kier alpha value is -1.06. The number of hydrogen-bond donors (Lipinski definition) is 1. The summed E-state index contributed by atoms with van der Waals surface area (Å²) in [6.45, 7) is 2.11. The van der Waals surface area contributed by atoms with Crippen molar-refractivity contribution in [2.75, 3.05) is 13.2 Å². The normalized spacial score (nSPS) is 16.3. The fourth-order valence-electron chi connectivity index (χ4n) is 2.50. The quantitative estimate of drug-likeness (QED) is 0.711. The molecule has 0 aromatic rings. The van der Waals surface area contributed by atoms with E-state index < -0.39 is 0 Å². The van der Waals surface area contributed by atoms with Gasteiger partial charge in [-0.05, 0) is 25.7 Å². The Bertz CT molecular complexity index is 260. The van der Waals surface area contributed by atoms with Crippen LogP contribution >= 0.6 is 0 Å². The number of carbonyl (C=O) groups excluding carboxylic acids is 2. The Balaban J connectivity index is 2.00. The standard InChI is InChI=1S/C14H25NO3/c1-2-18-14(17)11-15-13(16)10-6-9-12-7-4-3-5-8-12/h12H,2-11H2,1H3,(H,15,16). The first-order valence-electron chi connectivity index (χ1n) is 7.14. The maximum Gasteiger partial charge on any atom is 0.325 e. The van der Waals surface area contributed by atoms with E-state index in [0.717, 1.165) is 18.8 Å². The van der Waals surface area contributed by atoms with Gasteiger partial charge in [0.25, 0.3) is 0 Å². The Morgan fingerprint density at radius 3 is 2.61 bits per heavy atom. The molecule has 4 nitrogen and oxygen atoms in total. The molecule has 4 heteroatoms. The lowest BCUT2D eigenvalue weighted by Gasteiger charge is -2.21. The Labute approximate surface area is 109 Å². The second-order valence-corrected chi connectivity index (χ2v) is 4.98. The Kier molecular flexibility index (Phi) is 7.46. The number of carbonyl (C=O) groups is 2. The van der Waals surface area contributed by atoms with Crippen LogP contribution in [-0.2, 0) is 14.3 Å². The van der Waals surface area contributed by atoms with Gasteiger partial charge < -0.3 is 10.1 Å². The van der Waals surface area contributed by atoms with Crippen LogP contribution in [0.4, 0.5) is 0 Å². The van der Waals surface area contributed by atoms with E-state index in [4.69, 9.17) is 4.74 Å². The highest BCUT2D eigenvalue weighted by Gasteiger charge is 2.13. The molecule has 1 amide bonds. The summed E-state index contributed by atoms with van der Waals surface area (Å²) in [5.74, 6) is 0.411. The summed E-state index contributed by atoms with van der Waals surface area (Å²) in [6.07, 6.45) is 9.31. The zero-order valence-electron chi connectivity index (χ0n) is 11.4. The van der Waals surface area contributed by atoms with Gasteiger partial charge in [-0.3, -0.25) is 9.59 Å². The van der Waals surface area contributed by atoms with Crippen molar-refractivity contribution in [3.63, 3.8) is 0 Å². The van der Waals surface area contributed by atoms with Crippen molar-refractivity contribution in [1.29, 1.82) is 0 Å². The number of ether oxygens (including phenoxy) is 1. The van der Waals surface area contributed by atoms with Gasteiger partial charge in [0.1, 0.15) is 6.54 Å². The van der Waals surface area contributed by atoms with Gasteiger partial charge in [0.05, 0.1) is 6.61 Å². The van der Waals surface area contributed by atoms with E-state index in [1.54, 1.807) is 6.92 Å².